The van der Waals surface area contributed by atoms with Crippen LogP contribution in [0.2, 0.25) is 0 Å². The van der Waals surface area contributed by atoms with Crippen LogP contribution in [0.25, 0.3) is 0 Å². The first-order valence-electron chi connectivity index (χ1n) is 11.0. The van der Waals surface area contributed by atoms with E-state index in [1.165, 1.54) is 0 Å². The number of nitrogens with zero attached hydrogens (tertiary/aromatic N) is 3. The SMILES string of the molecule is CC(C)(C)C(=O)C(=O)OC1CCN(C(=O)[C@@H]2CCCN2C(=O)c2ccc(C#N)cc2)CC1. The molecule has 0 radical (unpaired) electrons. The molecule has 3 rings (SSSR count). The molecule has 0 spiro atoms. The number of piperidine rings is 1. The number of rotatable bonds is 4. The molecule has 2 heterocycles. The lowest BCUT2D eigenvalue weighted by Crippen LogP contribution is -2.51. The van der Waals surface area contributed by atoms with E-state index in [0.717, 1.165) is 6.42 Å². The van der Waals surface area contributed by atoms with E-state index in [2.05, 4.69) is 0 Å². The summed E-state index contributed by atoms with van der Waals surface area (Å²) in [6.07, 6.45) is 1.89. The summed E-state index contributed by atoms with van der Waals surface area (Å²) in [6, 6.07) is 7.92. The molecule has 1 aromatic rings. The van der Waals surface area contributed by atoms with Gasteiger partial charge in [-0.25, -0.2) is 4.79 Å². The average molecular weight is 440 g/mol. The van der Waals surface area contributed by atoms with Gasteiger partial charge in [-0.3, -0.25) is 14.4 Å². The van der Waals surface area contributed by atoms with Crippen molar-refractivity contribution in [2.24, 2.45) is 5.41 Å². The number of benzene rings is 1. The van der Waals surface area contributed by atoms with Gasteiger partial charge in [-0.15, -0.1) is 0 Å². The lowest BCUT2D eigenvalue weighted by Gasteiger charge is -2.35. The second-order valence-electron chi connectivity index (χ2n) is 9.35. The molecule has 170 valence electrons. The first-order valence-corrected chi connectivity index (χ1v) is 11.0. The third-order valence-electron chi connectivity index (χ3n) is 5.95. The summed E-state index contributed by atoms with van der Waals surface area (Å²) in [6.45, 7) is 6.35. The number of hydrogen-bond acceptors (Lipinski definition) is 6. The van der Waals surface area contributed by atoms with Crippen molar-refractivity contribution in [3.8, 4) is 6.07 Å². The number of Topliss-reactive ketones (excluding diaryl/α,β-unsaturated/α-hetero) is 1. The van der Waals surface area contributed by atoms with Crippen LogP contribution in [0.4, 0.5) is 0 Å². The molecule has 1 aromatic carbocycles. The molecule has 2 aliphatic rings. The molecular formula is C24H29N3O5. The van der Waals surface area contributed by atoms with Crippen molar-refractivity contribution in [3.63, 3.8) is 0 Å². The molecule has 0 unspecified atom stereocenters. The number of nitriles is 1. The zero-order valence-corrected chi connectivity index (χ0v) is 18.8. The fourth-order valence-corrected chi connectivity index (χ4v) is 4.04. The van der Waals surface area contributed by atoms with Crippen molar-refractivity contribution in [2.45, 2.75) is 58.6 Å². The van der Waals surface area contributed by atoms with Gasteiger partial charge < -0.3 is 14.5 Å². The summed E-state index contributed by atoms with van der Waals surface area (Å²) in [5.41, 5.74) is 0.141. The van der Waals surface area contributed by atoms with Crippen molar-refractivity contribution in [3.05, 3.63) is 35.4 Å². The zero-order valence-electron chi connectivity index (χ0n) is 18.8. The number of likely N-dealkylation sites (tertiary alicyclic amines) is 2. The van der Waals surface area contributed by atoms with Crippen molar-refractivity contribution in [2.75, 3.05) is 19.6 Å². The summed E-state index contributed by atoms with van der Waals surface area (Å²) in [4.78, 5) is 53.5. The lowest BCUT2D eigenvalue weighted by atomic mass is 9.91. The Balaban J connectivity index is 1.57. The lowest BCUT2D eigenvalue weighted by molar-refractivity contribution is -0.163. The topological polar surface area (TPSA) is 108 Å². The molecule has 32 heavy (non-hydrogen) atoms. The Hall–Kier alpha value is -3.21. The van der Waals surface area contributed by atoms with Crippen LogP contribution in [0.15, 0.2) is 24.3 Å². The Bertz CT molecular complexity index is 934. The molecular weight excluding hydrogens is 410 g/mol. The zero-order chi connectivity index (χ0) is 23.5. The minimum absolute atomic E-state index is 0.0972. The predicted molar refractivity (Wildman–Crippen MR) is 115 cm³/mol. The molecule has 2 aliphatic heterocycles. The normalized spacial score (nSPS) is 19.4. The third kappa shape index (κ3) is 5.16. The van der Waals surface area contributed by atoms with Gasteiger partial charge in [-0.05, 0) is 37.1 Å². The van der Waals surface area contributed by atoms with Gasteiger partial charge in [-0.2, -0.15) is 5.26 Å². The van der Waals surface area contributed by atoms with E-state index >= 15 is 0 Å². The van der Waals surface area contributed by atoms with E-state index in [-0.39, 0.29) is 11.8 Å². The van der Waals surface area contributed by atoms with Crippen LogP contribution in [0.5, 0.6) is 0 Å². The molecule has 0 aliphatic carbocycles. The van der Waals surface area contributed by atoms with Crippen molar-refractivity contribution < 1.29 is 23.9 Å². The minimum Gasteiger partial charge on any atom is -0.456 e. The highest BCUT2D eigenvalue weighted by atomic mass is 16.5. The maximum Gasteiger partial charge on any atom is 0.375 e. The molecule has 0 saturated carbocycles. The smallest absolute Gasteiger partial charge is 0.375 e. The van der Waals surface area contributed by atoms with Gasteiger partial charge in [0.2, 0.25) is 11.7 Å². The van der Waals surface area contributed by atoms with E-state index in [0.29, 0.717) is 50.0 Å². The quantitative estimate of drug-likeness (QED) is 0.526. The fraction of sp³-hybridized carbons (Fsp3) is 0.542. The summed E-state index contributed by atoms with van der Waals surface area (Å²) in [5, 5.41) is 8.93. The number of carbonyl (C=O) groups is 4. The molecule has 2 amide bonds. The number of ether oxygens (including phenoxy) is 1. The van der Waals surface area contributed by atoms with Crippen molar-refractivity contribution >= 4 is 23.6 Å². The van der Waals surface area contributed by atoms with Crippen LogP contribution in [-0.2, 0) is 19.1 Å². The van der Waals surface area contributed by atoms with Gasteiger partial charge in [-0.1, -0.05) is 20.8 Å². The first kappa shape index (κ1) is 23.5. The molecule has 0 bridgehead atoms. The highest BCUT2D eigenvalue weighted by Gasteiger charge is 2.39. The van der Waals surface area contributed by atoms with Crippen molar-refractivity contribution in [1.82, 2.24) is 9.80 Å². The minimum atomic E-state index is -0.822. The molecule has 2 fully saturated rings. The van der Waals surface area contributed by atoms with Gasteiger partial charge >= 0.3 is 5.97 Å². The van der Waals surface area contributed by atoms with Crippen LogP contribution in [0.3, 0.4) is 0 Å². The van der Waals surface area contributed by atoms with Crippen LogP contribution in [0.1, 0.15) is 62.4 Å². The van der Waals surface area contributed by atoms with Gasteiger partial charge in [0.15, 0.2) is 0 Å². The van der Waals surface area contributed by atoms with Crippen molar-refractivity contribution in [1.29, 1.82) is 5.26 Å². The molecule has 2 saturated heterocycles. The molecule has 8 heteroatoms. The Kier molecular flexibility index (Phi) is 6.97. The number of hydrogen-bond donors (Lipinski definition) is 0. The number of carbonyl (C=O) groups excluding carboxylic acids is 4. The number of amides is 2. The average Bonchev–Trinajstić information content (AvgIpc) is 3.27. The van der Waals surface area contributed by atoms with Gasteiger partial charge in [0.05, 0.1) is 11.6 Å². The fourth-order valence-electron chi connectivity index (χ4n) is 4.04. The first-order chi connectivity index (χ1) is 15.1. The van der Waals surface area contributed by atoms with E-state index < -0.39 is 29.3 Å². The summed E-state index contributed by atoms with van der Waals surface area (Å²) < 4.78 is 5.36. The monoisotopic (exact) mass is 439 g/mol. The Morgan fingerprint density at radius 1 is 1.00 bits per heavy atom. The maximum atomic E-state index is 13.1. The Morgan fingerprint density at radius 2 is 1.62 bits per heavy atom. The van der Waals surface area contributed by atoms with E-state index in [9.17, 15) is 19.2 Å². The number of ketones is 1. The van der Waals surface area contributed by atoms with E-state index in [4.69, 9.17) is 10.00 Å². The summed E-state index contributed by atoms with van der Waals surface area (Å²) in [5.74, 6) is -1.69. The molecule has 0 aromatic heterocycles. The van der Waals surface area contributed by atoms with E-state index in [1.807, 2.05) is 6.07 Å². The molecule has 0 N–H and O–H groups in total. The summed E-state index contributed by atoms with van der Waals surface area (Å²) >= 11 is 0. The van der Waals surface area contributed by atoms with Gasteiger partial charge in [0.25, 0.3) is 5.91 Å². The molecule has 8 nitrogen and oxygen atoms in total. The highest BCUT2D eigenvalue weighted by Crippen LogP contribution is 2.25. The van der Waals surface area contributed by atoms with Gasteiger partial charge in [0.1, 0.15) is 12.1 Å². The Morgan fingerprint density at radius 3 is 2.19 bits per heavy atom. The maximum absolute atomic E-state index is 13.1. The third-order valence-corrected chi connectivity index (χ3v) is 5.95. The summed E-state index contributed by atoms with van der Waals surface area (Å²) in [7, 11) is 0. The van der Waals surface area contributed by atoms with Crippen LogP contribution >= 0.6 is 0 Å². The van der Waals surface area contributed by atoms with Crippen LogP contribution < -0.4 is 0 Å². The largest absolute Gasteiger partial charge is 0.456 e. The Labute approximate surface area is 188 Å². The van der Waals surface area contributed by atoms with Gasteiger partial charge in [0, 0.05) is 43.5 Å². The second-order valence-corrected chi connectivity index (χ2v) is 9.35. The van der Waals surface area contributed by atoms with Crippen LogP contribution in [-0.4, -0.2) is 65.1 Å². The molecule has 1 atom stereocenters. The number of esters is 1. The van der Waals surface area contributed by atoms with E-state index in [1.54, 1.807) is 54.8 Å². The van der Waals surface area contributed by atoms with Crippen LogP contribution in [0, 0.1) is 16.7 Å². The standard InChI is InChI=1S/C24H29N3O5/c1-24(2,3)20(28)23(31)32-18-10-13-26(14-11-18)22(30)19-5-4-12-27(19)21(29)17-8-6-16(15-25)7-9-17/h6-9,18-19H,4-5,10-14H2,1-3H3/t19-/m0/s1. The second kappa shape index (κ2) is 9.51. The predicted octanol–water partition coefficient (Wildman–Crippen LogP) is 2.31. The highest BCUT2D eigenvalue weighted by molar-refractivity contribution is 6.35.